The minimum atomic E-state index is -4.46. The summed E-state index contributed by atoms with van der Waals surface area (Å²) in [6, 6.07) is 12.9. The molecule has 2 N–H and O–H groups in total. The van der Waals surface area contributed by atoms with Crippen molar-refractivity contribution in [3.8, 4) is 5.75 Å². The van der Waals surface area contributed by atoms with Crippen LogP contribution in [0.2, 0.25) is 0 Å². The van der Waals surface area contributed by atoms with Crippen LogP contribution < -0.4 is 10.6 Å². The summed E-state index contributed by atoms with van der Waals surface area (Å²) in [6.07, 6.45) is -4.25. The third-order valence-corrected chi connectivity index (χ3v) is 3.93. The quantitative estimate of drug-likeness (QED) is 0.859. The lowest BCUT2D eigenvalue weighted by Crippen LogP contribution is -2.36. The zero-order chi connectivity index (χ0) is 16.4. The number of rotatable bonds is 2. The lowest BCUT2D eigenvalue weighted by Gasteiger charge is -2.24. The summed E-state index contributed by atoms with van der Waals surface area (Å²) in [4.78, 5) is 0. The molecule has 1 atom stereocenters. The Morgan fingerprint density at radius 3 is 2.52 bits per heavy atom. The summed E-state index contributed by atoms with van der Waals surface area (Å²) >= 11 is 0. The van der Waals surface area contributed by atoms with Gasteiger partial charge in [0.15, 0.2) is 0 Å². The maximum atomic E-state index is 13.1. The monoisotopic (exact) mass is 322 g/mol. The fraction of sp³-hybridized carbons (Fsp3) is 0.294. The number of hydrogen-bond donors (Lipinski definition) is 1. The molecular formula is C17H17F3N2O. The van der Waals surface area contributed by atoms with Gasteiger partial charge in [-0.15, -0.1) is 0 Å². The number of para-hydroxylation sites is 1. The van der Waals surface area contributed by atoms with Crippen molar-refractivity contribution in [3.63, 3.8) is 0 Å². The lowest BCUT2D eigenvalue weighted by molar-refractivity contribution is -0.139. The second-order valence-corrected chi connectivity index (χ2v) is 5.54. The van der Waals surface area contributed by atoms with E-state index in [4.69, 9.17) is 10.6 Å². The largest absolute Gasteiger partial charge is 0.484 e. The number of nitrogens with two attached hydrogens (primary N) is 1. The zero-order valence-electron chi connectivity index (χ0n) is 12.4. The number of hydrogen-bond acceptors (Lipinski definition) is 3. The van der Waals surface area contributed by atoms with E-state index in [9.17, 15) is 13.2 Å². The molecule has 0 spiro atoms. The molecule has 1 heterocycles. The molecule has 3 rings (SSSR count). The van der Waals surface area contributed by atoms with E-state index in [1.54, 1.807) is 5.01 Å². The summed E-state index contributed by atoms with van der Waals surface area (Å²) < 4.78 is 45.2. The average Bonchev–Trinajstić information content (AvgIpc) is 2.67. The predicted molar refractivity (Wildman–Crippen MR) is 80.7 cm³/mol. The van der Waals surface area contributed by atoms with Gasteiger partial charge in [-0.2, -0.15) is 13.2 Å². The highest BCUT2D eigenvalue weighted by Gasteiger charge is 2.35. The van der Waals surface area contributed by atoms with E-state index < -0.39 is 17.8 Å². The van der Waals surface area contributed by atoms with E-state index in [0.29, 0.717) is 13.1 Å². The number of ether oxygens (including phenoxy) is 1. The molecule has 6 heteroatoms. The van der Waals surface area contributed by atoms with Gasteiger partial charge in [-0.1, -0.05) is 36.4 Å². The number of halogens is 3. The Morgan fingerprint density at radius 2 is 1.74 bits per heavy atom. The Kier molecular flexibility index (Phi) is 4.28. The van der Waals surface area contributed by atoms with Crippen molar-refractivity contribution >= 4 is 0 Å². The number of fused-ring (bicyclic) bond motifs is 1. The molecule has 3 nitrogen and oxygen atoms in total. The molecule has 0 aliphatic carbocycles. The molecule has 0 fully saturated rings. The van der Waals surface area contributed by atoms with Crippen LogP contribution in [-0.4, -0.2) is 18.1 Å². The van der Waals surface area contributed by atoms with Crippen LogP contribution in [0.1, 0.15) is 22.8 Å². The first-order chi connectivity index (χ1) is 10.9. The van der Waals surface area contributed by atoms with E-state index in [0.717, 1.165) is 23.6 Å². The van der Waals surface area contributed by atoms with Gasteiger partial charge in [0.25, 0.3) is 0 Å². The first kappa shape index (κ1) is 15.8. The van der Waals surface area contributed by atoms with Crippen molar-refractivity contribution in [2.24, 2.45) is 5.84 Å². The fourth-order valence-corrected chi connectivity index (χ4v) is 2.80. The van der Waals surface area contributed by atoms with Gasteiger partial charge in [0, 0.05) is 6.54 Å². The predicted octanol–water partition coefficient (Wildman–Crippen LogP) is 3.56. The summed E-state index contributed by atoms with van der Waals surface area (Å²) in [5.74, 6) is 5.74. The second-order valence-electron chi connectivity index (χ2n) is 5.54. The maximum Gasteiger partial charge on any atom is 0.419 e. The molecule has 122 valence electrons. The Morgan fingerprint density at radius 1 is 1.04 bits per heavy atom. The van der Waals surface area contributed by atoms with Crippen LogP contribution in [0.25, 0.3) is 0 Å². The summed E-state index contributed by atoms with van der Waals surface area (Å²) in [5.41, 5.74) is 1.16. The zero-order valence-corrected chi connectivity index (χ0v) is 12.4. The lowest BCUT2D eigenvalue weighted by atomic mass is 10.0. The van der Waals surface area contributed by atoms with Crippen molar-refractivity contribution in [1.82, 2.24) is 5.01 Å². The van der Waals surface area contributed by atoms with Crippen LogP contribution in [0.3, 0.4) is 0 Å². The SMILES string of the molecule is NN1CCc2ccccc2C(Oc2ccccc2C(F)(F)F)C1. The molecule has 2 aromatic carbocycles. The molecule has 1 aliphatic rings. The first-order valence-corrected chi connectivity index (χ1v) is 7.35. The van der Waals surface area contributed by atoms with Crippen LogP contribution in [0.5, 0.6) is 5.75 Å². The Labute approximate surface area is 132 Å². The molecule has 23 heavy (non-hydrogen) atoms. The second kappa shape index (κ2) is 6.22. The van der Waals surface area contributed by atoms with E-state index in [1.807, 2.05) is 24.3 Å². The van der Waals surface area contributed by atoms with Crippen molar-refractivity contribution in [2.75, 3.05) is 13.1 Å². The van der Waals surface area contributed by atoms with Crippen molar-refractivity contribution < 1.29 is 17.9 Å². The topological polar surface area (TPSA) is 38.5 Å². The number of alkyl halides is 3. The maximum absolute atomic E-state index is 13.1. The molecule has 1 unspecified atom stereocenters. The van der Waals surface area contributed by atoms with Gasteiger partial charge in [0.1, 0.15) is 11.9 Å². The highest BCUT2D eigenvalue weighted by Crippen LogP contribution is 2.38. The average molecular weight is 322 g/mol. The van der Waals surface area contributed by atoms with Gasteiger partial charge in [-0.3, -0.25) is 5.84 Å². The molecule has 2 aromatic rings. The molecule has 0 saturated carbocycles. The summed E-state index contributed by atoms with van der Waals surface area (Å²) in [7, 11) is 0. The fourth-order valence-electron chi connectivity index (χ4n) is 2.80. The highest BCUT2D eigenvalue weighted by molar-refractivity contribution is 5.38. The van der Waals surface area contributed by atoms with Crippen LogP contribution in [-0.2, 0) is 12.6 Å². The Hall–Kier alpha value is -2.05. The number of hydrazine groups is 1. The molecule has 0 amide bonds. The third-order valence-electron chi connectivity index (χ3n) is 3.93. The highest BCUT2D eigenvalue weighted by atomic mass is 19.4. The summed E-state index contributed by atoms with van der Waals surface area (Å²) in [5, 5.41) is 1.58. The van der Waals surface area contributed by atoms with E-state index in [-0.39, 0.29) is 5.75 Å². The van der Waals surface area contributed by atoms with Crippen molar-refractivity contribution in [3.05, 3.63) is 65.2 Å². The van der Waals surface area contributed by atoms with Crippen LogP contribution in [0.15, 0.2) is 48.5 Å². The van der Waals surface area contributed by atoms with Gasteiger partial charge >= 0.3 is 6.18 Å². The third kappa shape index (κ3) is 3.48. The molecule has 0 saturated heterocycles. The van der Waals surface area contributed by atoms with Gasteiger partial charge in [0.2, 0.25) is 0 Å². The van der Waals surface area contributed by atoms with Gasteiger partial charge in [0.05, 0.1) is 12.1 Å². The summed E-state index contributed by atoms with van der Waals surface area (Å²) in [6.45, 7) is 0.973. The Bertz CT molecular complexity index is 688. The van der Waals surface area contributed by atoms with Gasteiger partial charge in [-0.25, -0.2) is 5.01 Å². The van der Waals surface area contributed by atoms with E-state index in [2.05, 4.69) is 0 Å². The molecule has 0 aromatic heterocycles. The van der Waals surface area contributed by atoms with Gasteiger partial charge in [-0.05, 0) is 29.7 Å². The normalized spacial score (nSPS) is 19.0. The molecule has 1 aliphatic heterocycles. The molecular weight excluding hydrogens is 305 g/mol. The van der Waals surface area contributed by atoms with Crippen LogP contribution in [0.4, 0.5) is 13.2 Å². The Balaban J connectivity index is 1.96. The smallest absolute Gasteiger partial charge is 0.419 e. The minimum Gasteiger partial charge on any atom is -0.484 e. The first-order valence-electron chi connectivity index (χ1n) is 7.35. The van der Waals surface area contributed by atoms with E-state index in [1.165, 1.54) is 18.2 Å². The van der Waals surface area contributed by atoms with Crippen molar-refractivity contribution in [1.29, 1.82) is 0 Å². The minimum absolute atomic E-state index is 0.171. The standard InChI is InChI=1S/C17H17F3N2O/c18-17(19,20)14-7-3-4-8-15(14)23-16-11-22(21)10-9-12-5-1-2-6-13(12)16/h1-8,16H,9-11,21H2. The van der Waals surface area contributed by atoms with Crippen LogP contribution >= 0.6 is 0 Å². The molecule has 0 radical (unpaired) electrons. The number of nitrogens with zero attached hydrogens (tertiary/aromatic N) is 1. The number of benzene rings is 2. The molecule has 0 bridgehead atoms. The van der Waals surface area contributed by atoms with Crippen LogP contribution in [0, 0.1) is 0 Å². The van der Waals surface area contributed by atoms with Crippen molar-refractivity contribution in [2.45, 2.75) is 18.7 Å². The van der Waals surface area contributed by atoms with E-state index >= 15 is 0 Å². The van der Waals surface area contributed by atoms with Gasteiger partial charge < -0.3 is 4.74 Å².